The molecule has 3 aromatic rings. The molecule has 0 spiro atoms. The average molecular weight is 495 g/mol. The topological polar surface area (TPSA) is 9.23 Å². The van der Waals surface area contributed by atoms with Gasteiger partial charge < -0.3 is 4.43 Å². The van der Waals surface area contributed by atoms with Gasteiger partial charge in [0.2, 0.25) is 0 Å². The van der Waals surface area contributed by atoms with Crippen molar-refractivity contribution in [1.82, 2.24) is 0 Å². The number of hydrogen-bond donors (Lipinski definition) is 0. The fraction of sp³-hybridized carbons (Fsp3) is 0.312. The van der Waals surface area contributed by atoms with Gasteiger partial charge >= 0.3 is 0 Å². The third kappa shape index (κ3) is 4.46. The Morgan fingerprint density at radius 1 is 0.800 bits per heavy atom. The maximum Gasteiger partial charge on any atom is 0.183 e. The first-order chi connectivity index (χ1) is 16.6. The summed E-state index contributed by atoms with van der Waals surface area (Å²) in [5.74, 6) is 0.310. The molecule has 0 saturated carbocycles. The van der Waals surface area contributed by atoms with Crippen molar-refractivity contribution in [2.45, 2.75) is 58.5 Å². The van der Waals surface area contributed by atoms with Crippen LogP contribution in [0.15, 0.2) is 65.9 Å². The van der Waals surface area contributed by atoms with Crippen molar-refractivity contribution < 1.29 is 4.43 Å². The lowest BCUT2D eigenvalue weighted by molar-refractivity contribution is 0.332. The van der Waals surface area contributed by atoms with E-state index in [1.165, 1.54) is 48.7 Å². The van der Waals surface area contributed by atoms with E-state index < -0.39 is 16.4 Å². The van der Waals surface area contributed by atoms with Gasteiger partial charge in [-0.25, -0.2) is 0 Å². The van der Waals surface area contributed by atoms with Gasteiger partial charge in [-0.3, -0.25) is 0 Å². The summed E-state index contributed by atoms with van der Waals surface area (Å²) in [4.78, 5) is 0. The van der Waals surface area contributed by atoms with Crippen molar-refractivity contribution >= 4 is 34.1 Å². The van der Waals surface area contributed by atoms with E-state index >= 15 is 0 Å². The summed E-state index contributed by atoms with van der Waals surface area (Å²) in [7, 11) is -3.27. The van der Waals surface area contributed by atoms with Crippen LogP contribution in [-0.2, 0) is 4.43 Å². The monoisotopic (exact) mass is 494 g/mol. The Hall–Kier alpha value is -2.47. The minimum atomic E-state index is -1.75. The third-order valence-corrected chi connectivity index (χ3v) is 12.2. The molecular formula is C32H38OSi2. The van der Waals surface area contributed by atoms with Crippen molar-refractivity contribution in [1.29, 1.82) is 0 Å². The van der Waals surface area contributed by atoms with Gasteiger partial charge in [-0.1, -0.05) is 90.6 Å². The molecule has 180 valence electrons. The molecule has 0 aromatic heterocycles. The zero-order chi connectivity index (χ0) is 25.0. The Morgan fingerprint density at radius 3 is 2.26 bits per heavy atom. The first-order valence-corrected chi connectivity index (χ1v) is 19.5. The van der Waals surface area contributed by atoms with E-state index in [9.17, 15) is 0 Å². The molecule has 2 aliphatic carbocycles. The fourth-order valence-electron chi connectivity index (χ4n) is 5.77. The van der Waals surface area contributed by atoms with Crippen LogP contribution in [0.25, 0.3) is 17.7 Å². The Bertz CT molecular complexity index is 1550. The molecule has 0 N–H and O–H groups in total. The van der Waals surface area contributed by atoms with Crippen molar-refractivity contribution in [3.63, 3.8) is 0 Å². The van der Waals surface area contributed by atoms with Gasteiger partial charge in [0, 0.05) is 12.5 Å². The van der Waals surface area contributed by atoms with Crippen molar-refractivity contribution in [3.8, 4) is 0 Å². The van der Waals surface area contributed by atoms with Crippen LogP contribution in [0.4, 0.5) is 0 Å². The summed E-state index contributed by atoms with van der Waals surface area (Å²) in [5, 5.41) is 7.14. The van der Waals surface area contributed by atoms with Gasteiger partial charge in [-0.2, -0.15) is 0 Å². The quantitative estimate of drug-likeness (QED) is 0.264. The fourth-order valence-corrected chi connectivity index (χ4v) is 9.22. The predicted octanol–water partition coefficient (Wildman–Crippen LogP) is 6.93. The van der Waals surface area contributed by atoms with Crippen LogP contribution < -0.4 is 10.4 Å². The Morgan fingerprint density at radius 2 is 1.51 bits per heavy atom. The second-order valence-electron chi connectivity index (χ2n) is 12.0. The first-order valence-electron chi connectivity index (χ1n) is 12.9. The third-order valence-electron chi connectivity index (χ3n) is 7.64. The molecule has 0 heterocycles. The van der Waals surface area contributed by atoms with Gasteiger partial charge in [0.25, 0.3) is 0 Å². The van der Waals surface area contributed by atoms with E-state index in [1.54, 1.807) is 5.20 Å². The molecule has 1 nitrogen and oxygen atoms in total. The predicted molar refractivity (Wildman–Crippen MR) is 156 cm³/mol. The molecule has 3 aromatic carbocycles. The normalized spacial score (nSPS) is 16.3. The van der Waals surface area contributed by atoms with Crippen LogP contribution >= 0.6 is 0 Å². The lowest BCUT2D eigenvalue weighted by atomic mass is 9.86. The molecular weight excluding hydrogens is 457 g/mol. The summed E-state index contributed by atoms with van der Waals surface area (Å²) >= 11 is 0. The molecule has 35 heavy (non-hydrogen) atoms. The minimum Gasteiger partial charge on any atom is -0.418 e. The maximum absolute atomic E-state index is 6.36. The molecule has 1 atom stereocenters. The number of fused-ring (bicyclic) bond motifs is 3. The lowest BCUT2D eigenvalue weighted by Crippen LogP contribution is -2.36. The van der Waals surface area contributed by atoms with E-state index in [-0.39, 0.29) is 0 Å². The van der Waals surface area contributed by atoms with Crippen molar-refractivity contribution in [2.24, 2.45) is 0 Å². The van der Waals surface area contributed by atoms with E-state index in [2.05, 4.69) is 119 Å². The number of benzene rings is 3. The van der Waals surface area contributed by atoms with Gasteiger partial charge in [0.1, 0.15) is 0 Å². The maximum atomic E-state index is 6.36. The zero-order valence-corrected chi connectivity index (χ0v) is 24.3. The summed E-state index contributed by atoms with van der Waals surface area (Å²) in [6, 6.07) is 23.8. The smallest absolute Gasteiger partial charge is 0.183 e. The number of rotatable bonds is 6. The summed E-state index contributed by atoms with van der Waals surface area (Å²) < 4.78 is 6.36. The minimum absolute atomic E-state index is 0.310. The van der Waals surface area contributed by atoms with Crippen LogP contribution in [-0.4, -0.2) is 23.0 Å². The van der Waals surface area contributed by atoms with E-state index in [0.717, 1.165) is 12.7 Å². The average Bonchev–Trinajstić information content (AvgIpc) is 3.36. The Labute approximate surface area is 212 Å². The Balaban J connectivity index is 1.73. The molecule has 1 unspecified atom stereocenters. The highest BCUT2D eigenvalue weighted by molar-refractivity contribution is 6.85. The highest BCUT2D eigenvalue weighted by Crippen LogP contribution is 2.46. The van der Waals surface area contributed by atoms with Crippen LogP contribution in [0.1, 0.15) is 42.0 Å². The molecule has 5 rings (SSSR count). The molecule has 2 aliphatic rings. The van der Waals surface area contributed by atoms with E-state index in [1.807, 2.05) is 0 Å². The van der Waals surface area contributed by atoms with Gasteiger partial charge in [0.15, 0.2) is 8.32 Å². The molecule has 0 aliphatic heterocycles. The standard InChI is InChI=1S/C32H38OSi2/c1-22(2)25-16-17-28-26-14-10-8-12-23(26)20-29(28)31(25)32-27-15-11-9-13-24(27)21-30(32)35(6,7)19-18-33-34(3,4)5/h8-17,20-21,32H,18-19H2,1-7H3. The second-order valence-corrected chi connectivity index (χ2v) is 21.3. The summed E-state index contributed by atoms with van der Waals surface area (Å²) in [6.45, 7) is 17.4. The molecule has 0 saturated heterocycles. The summed E-state index contributed by atoms with van der Waals surface area (Å²) in [6.07, 6.45) is 4.98. The molecule has 0 bridgehead atoms. The highest BCUT2D eigenvalue weighted by atomic mass is 28.4. The molecule has 0 amide bonds. The Kier molecular flexibility index (Phi) is 6.15. The molecule has 0 radical (unpaired) electrons. The van der Waals surface area contributed by atoms with Crippen LogP contribution in [0.5, 0.6) is 0 Å². The van der Waals surface area contributed by atoms with E-state index in [4.69, 9.17) is 4.43 Å². The SMILES string of the molecule is CC(C)=c1ccc2c(c1C1C([Si](C)(C)CCO[Si](C)(C)C)=Cc3ccccc31)C=c1ccccc1=2. The molecule has 3 heteroatoms. The zero-order valence-electron chi connectivity index (χ0n) is 22.3. The van der Waals surface area contributed by atoms with Gasteiger partial charge in [-0.05, 0) is 88.7 Å². The number of hydrogen-bond acceptors (Lipinski definition) is 1. The second kappa shape index (κ2) is 8.88. The number of allylic oxidation sites excluding steroid dienone is 1. The van der Waals surface area contributed by atoms with Crippen molar-refractivity contribution in [2.75, 3.05) is 6.61 Å². The largest absolute Gasteiger partial charge is 0.418 e. The van der Waals surface area contributed by atoms with Crippen LogP contribution in [0.3, 0.4) is 0 Å². The summed E-state index contributed by atoms with van der Waals surface area (Å²) in [5.41, 5.74) is 7.17. The van der Waals surface area contributed by atoms with Crippen molar-refractivity contribution in [3.05, 3.63) is 109 Å². The highest BCUT2D eigenvalue weighted by Gasteiger charge is 2.38. The molecule has 0 fully saturated rings. The first kappa shape index (κ1) is 24.2. The van der Waals surface area contributed by atoms with Crippen LogP contribution in [0, 0.1) is 10.4 Å². The van der Waals surface area contributed by atoms with Gasteiger partial charge in [-0.15, -0.1) is 0 Å². The lowest BCUT2D eigenvalue weighted by Gasteiger charge is -2.32. The van der Waals surface area contributed by atoms with Gasteiger partial charge in [0.05, 0.1) is 8.07 Å². The van der Waals surface area contributed by atoms with Crippen LogP contribution in [0.2, 0.25) is 38.8 Å². The van der Waals surface area contributed by atoms with E-state index in [0.29, 0.717) is 5.92 Å².